The van der Waals surface area contributed by atoms with E-state index in [1.54, 1.807) is 20.8 Å². The van der Waals surface area contributed by atoms with E-state index < -0.39 is 11.7 Å². The van der Waals surface area contributed by atoms with Crippen LogP contribution in [0.1, 0.15) is 26.3 Å². The average Bonchev–Trinajstić information content (AvgIpc) is 2.20. The lowest BCUT2D eigenvalue weighted by Crippen LogP contribution is -2.27. The molecule has 1 amide bonds. The highest BCUT2D eigenvalue weighted by molar-refractivity contribution is 6.32. The molecule has 0 atom stereocenters. The predicted molar refractivity (Wildman–Crippen MR) is 70.4 cm³/mol. The van der Waals surface area contributed by atoms with Gasteiger partial charge in [0.15, 0.2) is 0 Å². The molecule has 0 saturated heterocycles. The maximum Gasteiger partial charge on any atom is 0.412 e. The fraction of sp³-hybridized carbons (Fsp3) is 0.333. The molecule has 0 aromatic heterocycles. The number of ether oxygens (including phenoxy) is 1. The zero-order valence-corrected chi connectivity index (χ0v) is 11.1. The summed E-state index contributed by atoms with van der Waals surface area (Å²) in [5.41, 5.74) is 5.91. The fourth-order valence-corrected chi connectivity index (χ4v) is 1.40. The molecule has 1 aromatic carbocycles. The minimum atomic E-state index is -0.630. The highest BCUT2D eigenvalue weighted by Gasteiger charge is 2.17. The van der Waals surface area contributed by atoms with Crippen LogP contribution in [0, 0.1) is 11.3 Å². The Morgan fingerprint density at radius 3 is 2.61 bits per heavy atom. The quantitative estimate of drug-likeness (QED) is 0.765. The van der Waals surface area contributed by atoms with Crippen molar-refractivity contribution in [3.05, 3.63) is 22.7 Å². The third kappa shape index (κ3) is 3.82. The van der Waals surface area contributed by atoms with Crippen molar-refractivity contribution in [1.82, 2.24) is 0 Å². The normalized spacial score (nSPS) is 10.6. The van der Waals surface area contributed by atoms with Gasteiger partial charge in [0.25, 0.3) is 0 Å². The predicted octanol–water partition coefficient (Wildman–Crippen LogP) is 3.14. The van der Waals surface area contributed by atoms with Crippen LogP contribution >= 0.6 is 11.6 Å². The first kappa shape index (κ1) is 14.1. The van der Waals surface area contributed by atoms with E-state index in [1.807, 2.05) is 6.07 Å². The Morgan fingerprint density at radius 2 is 2.11 bits per heavy atom. The number of hydrogen-bond donors (Lipinski definition) is 2. The first-order valence-corrected chi connectivity index (χ1v) is 5.60. The Bertz CT molecular complexity index is 515. The summed E-state index contributed by atoms with van der Waals surface area (Å²) in [4.78, 5) is 11.5. The van der Waals surface area contributed by atoms with E-state index in [4.69, 9.17) is 27.3 Å². The number of anilines is 2. The van der Waals surface area contributed by atoms with Crippen molar-refractivity contribution in [2.45, 2.75) is 26.4 Å². The monoisotopic (exact) mass is 267 g/mol. The zero-order valence-electron chi connectivity index (χ0n) is 10.4. The number of rotatable bonds is 1. The Balaban J connectivity index is 2.90. The molecule has 0 bridgehead atoms. The van der Waals surface area contributed by atoms with Crippen LogP contribution in [0.4, 0.5) is 16.2 Å². The zero-order chi connectivity index (χ0) is 13.9. The van der Waals surface area contributed by atoms with Gasteiger partial charge in [-0.15, -0.1) is 0 Å². The molecule has 5 nitrogen and oxygen atoms in total. The van der Waals surface area contributed by atoms with Crippen LogP contribution in [-0.4, -0.2) is 11.7 Å². The Kier molecular flexibility index (Phi) is 4.04. The third-order valence-corrected chi connectivity index (χ3v) is 2.21. The molecule has 6 heteroatoms. The van der Waals surface area contributed by atoms with Crippen molar-refractivity contribution in [1.29, 1.82) is 5.26 Å². The fourth-order valence-electron chi connectivity index (χ4n) is 1.20. The van der Waals surface area contributed by atoms with Gasteiger partial charge in [0.1, 0.15) is 11.7 Å². The minimum Gasteiger partial charge on any atom is -0.444 e. The second kappa shape index (κ2) is 5.15. The largest absolute Gasteiger partial charge is 0.444 e. The van der Waals surface area contributed by atoms with E-state index in [0.29, 0.717) is 5.69 Å². The molecule has 96 valence electrons. The summed E-state index contributed by atoms with van der Waals surface area (Å²) in [6, 6.07) is 4.71. The van der Waals surface area contributed by atoms with Gasteiger partial charge in [-0.1, -0.05) is 11.6 Å². The van der Waals surface area contributed by atoms with Gasteiger partial charge in [0.05, 0.1) is 22.0 Å². The van der Waals surface area contributed by atoms with E-state index in [1.165, 1.54) is 12.1 Å². The molecular weight excluding hydrogens is 254 g/mol. The first-order valence-electron chi connectivity index (χ1n) is 5.22. The molecular formula is C12H14ClN3O2. The molecule has 0 unspecified atom stereocenters. The minimum absolute atomic E-state index is 0.220. The average molecular weight is 268 g/mol. The topological polar surface area (TPSA) is 88.1 Å². The van der Waals surface area contributed by atoms with Gasteiger partial charge < -0.3 is 10.5 Å². The molecule has 1 aromatic rings. The summed E-state index contributed by atoms with van der Waals surface area (Å²) in [7, 11) is 0. The van der Waals surface area contributed by atoms with Crippen LogP contribution in [0.15, 0.2) is 12.1 Å². The van der Waals surface area contributed by atoms with E-state index in [0.717, 1.165) is 0 Å². The molecule has 0 aliphatic rings. The molecule has 18 heavy (non-hydrogen) atoms. The van der Waals surface area contributed by atoms with Gasteiger partial charge >= 0.3 is 6.09 Å². The summed E-state index contributed by atoms with van der Waals surface area (Å²) in [6.07, 6.45) is -0.630. The number of nitrogens with zero attached hydrogens (tertiary/aromatic N) is 1. The molecule has 0 fully saturated rings. The molecule has 3 N–H and O–H groups in total. The third-order valence-electron chi connectivity index (χ3n) is 1.90. The number of halogens is 1. The summed E-state index contributed by atoms with van der Waals surface area (Å²) >= 11 is 5.85. The highest BCUT2D eigenvalue weighted by atomic mass is 35.5. The van der Waals surface area contributed by atoms with Crippen LogP contribution in [0.2, 0.25) is 5.02 Å². The molecule has 1 rings (SSSR count). The Hall–Kier alpha value is -1.93. The number of nitriles is 1. The number of amides is 1. The summed E-state index contributed by atoms with van der Waals surface area (Å²) in [6.45, 7) is 5.26. The highest BCUT2D eigenvalue weighted by Crippen LogP contribution is 2.27. The molecule has 0 saturated carbocycles. The number of nitrogen functional groups attached to an aromatic ring is 1. The van der Waals surface area contributed by atoms with Gasteiger partial charge in [0, 0.05) is 0 Å². The molecule has 0 aliphatic carbocycles. The Morgan fingerprint density at radius 1 is 1.50 bits per heavy atom. The van der Waals surface area contributed by atoms with Gasteiger partial charge in [0.2, 0.25) is 0 Å². The van der Waals surface area contributed by atoms with E-state index >= 15 is 0 Å². The van der Waals surface area contributed by atoms with Crippen molar-refractivity contribution in [3.8, 4) is 6.07 Å². The lowest BCUT2D eigenvalue weighted by Gasteiger charge is -2.20. The number of carbonyl (C=O) groups excluding carboxylic acids is 1. The van der Waals surface area contributed by atoms with E-state index in [9.17, 15) is 4.79 Å². The van der Waals surface area contributed by atoms with Gasteiger partial charge in [-0.3, -0.25) is 5.32 Å². The maximum atomic E-state index is 11.5. The number of nitrogens with two attached hydrogens (primary N) is 1. The van der Waals surface area contributed by atoms with Crippen molar-refractivity contribution in [2.24, 2.45) is 0 Å². The van der Waals surface area contributed by atoms with Crippen LogP contribution in [0.25, 0.3) is 0 Å². The van der Waals surface area contributed by atoms with Crippen molar-refractivity contribution in [3.63, 3.8) is 0 Å². The van der Waals surface area contributed by atoms with Crippen LogP contribution in [0.5, 0.6) is 0 Å². The second-order valence-electron chi connectivity index (χ2n) is 4.66. The SMILES string of the molecule is CC(C)(C)OC(=O)Nc1cc(Cl)c(C#N)cc1N. The summed E-state index contributed by atoms with van der Waals surface area (Å²) in [5, 5.41) is 11.5. The van der Waals surface area contributed by atoms with Gasteiger partial charge in [-0.05, 0) is 32.9 Å². The van der Waals surface area contributed by atoms with Gasteiger partial charge in [-0.2, -0.15) is 5.26 Å². The molecule has 0 heterocycles. The van der Waals surface area contributed by atoms with Crippen molar-refractivity contribution >= 4 is 29.1 Å². The lowest BCUT2D eigenvalue weighted by molar-refractivity contribution is 0.0636. The number of carbonyl (C=O) groups is 1. The van der Waals surface area contributed by atoms with Crippen LogP contribution in [-0.2, 0) is 4.74 Å². The molecule has 0 radical (unpaired) electrons. The lowest BCUT2D eigenvalue weighted by atomic mass is 10.2. The van der Waals surface area contributed by atoms with Gasteiger partial charge in [-0.25, -0.2) is 4.79 Å². The smallest absolute Gasteiger partial charge is 0.412 e. The van der Waals surface area contributed by atoms with Crippen molar-refractivity contribution in [2.75, 3.05) is 11.1 Å². The maximum absolute atomic E-state index is 11.5. The molecule has 0 spiro atoms. The van der Waals surface area contributed by atoms with Crippen LogP contribution in [0.3, 0.4) is 0 Å². The Labute approximate surface area is 110 Å². The first-order chi connectivity index (χ1) is 8.23. The summed E-state index contributed by atoms with van der Waals surface area (Å²) < 4.78 is 5.08. The van der Waals surface area contributed by atoms with Crippen LogP contribution < -0.4 is 11.1 Å². The number of hydrogen-bond acceptors (Lipinski definition) is 4. The standard InChI is InChI=1S/C12H14ClN3O2/c1-12(2,3)18-11(17)16-10-5-8(13)7(6-14)4-9(10)15/h4-5H,15H2,1-3H3,(H,16,17). The van der Waals surface area contributed by atoms with Crippen molar-refractivity contribution < 1.29 is 9.53 Å². The van der Waals surface area contributed by atoms with E-state index in [-0.39, 0.29) is 16.3 Å². The number of nitrogens with one attached hydrogen (secondary N) is 1. The summed E-state index contributed by atoms with van der Waals surface area (Å²) in [5.74, 6) is 0. The second-order valence-corrected chi connectivity index (χ2v) is 5.07. The number of benzene rings is 1. The van der Waals surface area contributed by atoms with E-state index in [2.05, 4.69) is 5.32 Å². The molecule has 0 aliphatic heterocycles.